The van der Waals surface area contributed by atoms with Crippen molar-refractivity contribution in [2.45, 2.75) is 12.8 Å². The predicted molar refractivity (Wildman–Crippen MR) is 44.9 cm³/mol. The van der Waals surface area contributed by atoms with E-state index in [1.54, 1.807) is 0 Å². The van der Waals surface area contributed by atoms with Crippen molar-refractivity contribution in [1.82, 2.24) is 9.80 Å². The quantitative estimate of drug-likeness (QED) is 0.281. The first kappa shape index (κ1) is 10.7. The van der Waals surface area contributed by atoms with Crippen LogP contribution in [0, 0.1) is 5.41 Å². The Morgan fingerprint density at radius 2 is 1.38 bits per heavy atom. The topological polar surface area (TPSA) is 115 Å². The third-order valence-electron chi connectivity index (χ3n) is 2.72. The molecule has 0 saturated carbocycles. The molecule has 0 unspecified atom stereocenters. The fourth-order valence-electron chi connectivity index (χ4n) is 1.85. The van der Waals surface area contributed by atoms with Crippen molar-refractivity contribution in [1.29, 1.82) is 0 Å². The number of β-lactam (4-membered cyclic amide) rings is 4. The summed E-state index contributed by atoms with van der Waals surface area (Å²) in [6.07, 6.45) is 0. The van der Waals surface area contributed by atoms with Crippen molar-refractivity contribution < 1.29 is 29.4 Å². The molecule has 2 N–H and O–H groups in total. The smallest absolute Gasteiger partial charge is 0.285 e. The minimum atomic E-state index is -2.70. The first-order chi connectivity index (χ1) is 7.16. The van der Waals surface area contributed by atoms with Gasteiger partial charge in [0.05, 0.1) is 0 Å². The van der Waals surface area contributed by atoms with E-state index in [2.05, 4.69) is 0 Å². The van der Waals surface area contributed by atoms with E-state index in [0.29, 0.717) is 4.90 Å². The summed E-state index contributed by atoms with van der Waals surface area (Å²) in [4.78, 5) is 46.4. The largest absolute Gasteiger partial charge is 0.349 e. The summed E-state index contributed by atoms with van der Waals surface area (Å²) in [5, 5.41) is 18.1. The Morgan fingerprint density at radius 1 is 1.00 bits per heavy atom. The van der Waals surface area contributed by atoms with Crippen LogP contribution in [-0.4, -0.2) is 56.6 Å². The number of nitrogens with zero attached hydrogens (tertiary/aromatic N) is 2. The minimum absolute atomic E-state index is 0.0792. The molecule has 4 amide bonds. The third-order valence-corrected chi connectivity index (χ3v) is 2.72. The summed E-state index contributed by atoms with van der Waals surface area (Å²) in [5.41, 5.74) is -2.35. The molecule has 86 valence electrons. The Hall–Kier alpha value is -1.80. The lowest BCUT2D eigenvalue weighted by molar-refractivity contribution is -0.264. The number of rotatable bonds is 1. The first-order valence-electron chi connectivity index (χ1n) is 4.33. The number of amides is 4. The van der Waals surface area contributed by atoms with E-state index in [-0.39, 0.29) is 4.90 Å². The van der Waals surface area contributed by atoms with Crippen LogP contribution in [0.25, 0.3) is 0 Å². The zero-order valence-corrected chi connectivity index (χ0v) is 8.42. The molecule has 0 aliphatic carbocycles. The maximum atomic E-state index is 11.5. The maximum Gasteiger partial charge on any atom is 0.285 e. The minimum Gasteiger partial charge on any atom is -0.349 e. The molecule has 2 heterocycles. The molecule has 0 bridgehead atoms. The zero-order chi connectivity index (χ0) is 12.5. The molecule has 2 aliphatic heterocycles. The molecule has 0 atom stereocenters. The Kier molecular flexibility index (Phi) is 1.65. The second-order valence-electron chi connectivity index (χ2n) is 3.84. The average Bonchev–Trinajstić information content (AvgIpc) is 2.15. The van der Waals surface area contributed by atoms with Crippen LogP contribution in [0.5, 0.6) is 0 Å². The predicted octanol–water partition coefficient (Wildman–Crippen LogP) is -3.00. The van der Waals surface area contributed by atoms with Gasteiger partial charge in [-0.3, -0.25) is 24.1 Å². The molecule has 16 heavy (non-hydrogen) atoms. The number of likely N-dealkylation sites (tertiary alicyclic amines) is 2. The van der Waals surface area contributed by atoms with Gasteiger partial charge in [0.1, 0.15) is 0 Å². The summed E-state index contributed by atoms with van der Waals surface area (Å²) >= 11 is 0. The van der Waals surface area contributed by atoms with Crippen molar-refractivity contribution in [3.63, 3.8) is 0 Å². The number of carbonyl (C=O) groups excluding carboxylic acids is 4. The average molecular weight is 228 g/mol. The van der Waals surface area contributed by atoms with Gasteiger partial charge in [0, 0.05) is 14.0 Å². The lowest BCUT2D eigenvalue weighted by Gasteiger charge is -2.53. The molecular weight excluding hydrogens is 220 g/mol. The van der Waals surface area contributed by atoms with Crippen molar-refractivity contribution >= 4 is 23.6 Å². The number of hydrogen-bond acceptors (Lipinski definition) is 6. The summed E-state index contributed by atoms with van der Waals surface area (Å²) in [6.45, 7) is 0.785. The molecule has 1 spiro atoms. The maximum absolute atomic E-state index is 11.5. The Labute approximate surface area is 89.0 Å². The van der Waals surface area contributed by atoms with Gasteiger partial charge in [-0.25, -0.2) is 4.90 Å². The van der Waals surface area contributed by atoms with Crippen LogP contribution in [-0.2, 0) is 19.2 Å². The van der Waals surface area contributed by atoms with Crippen molar-refractivity contribution in [2.24, 2.45) is 5.41 Å². The van der Waals surface area contributed by atoms with E-state index in [9.17, 15) is 19.2 Å². The highest BCUT2D eigenvalue weighted by Gasteiger charge is 2.81. The van der Waals surface area contributed by atoms with Crippen LogP contribution in [0.3, 0.4) is 0 Å². The van der Waals surface area contributed by atoms with E-state index in [1.807, 2.05) is 0 Å². The molecule has 2 aliphatic rings. The molecule has 2 fully saturated rings. The van der Waals surface area contributed by atoms with Crippen LogP contribution in [0.4, 0.5) is 0 Å². The first-order valence-corrected chi connectivity index (χ1v) is 4.33. The van der Waals surface area contributed by atoms with Gasteiger partial charge >= 0.3 is 0 Å². The third kappa shape index (κ3) is 0.783. The highest BCUT2D eigenvalue weighted by Crippen LogP contribution is 2.45. The van der Waals surface area contributed by atoms with E-state index in [1.165, 1.54) is 0 Å². The SMILES string of the molecule is CN1C(=O)C2(C1=O)C(=O)N(C(C)(O)O)C2=O. The lowest BCUT2D eigenvalue weighted by Crippen LogP contribution is -2.86. The Morgan fingerprint density at radius 3 is 1.69 bits per heavy atom. The highest BCUT2D eigenvalue weighted by molar-refractivity contribution is 6.52. The molecule has 0 aromatic heterocycles. The number of imide groups is 2. The van der Waals surface area contributed by atoms with Gasteiger partial charge in [0.15, 0.2) is 0 Å². The zero-order valence-electron chi connectivity index (χ0n) is 8.42. The second kappa shape index (κ2) is 2.47. The van der Waals surface area contributed by atoms with Gasteiger partial charge in [-0.15, -0.1) is 0 Å². The summed E-state index contributed by atoms with van der Waals surface area (Å²) in [6, 6.07) is 0. The Balaban J connectivity index is 2.39. The standard InChI is InChI=1S/C8H8N2O6/c1-7(15,16)10-5(13)8(6(10)14)3(11)9(2)4(8)12/h15-16H,1-2H3. The number of carbonyl (C=O) groups is 4. The fourth-order valence-corrected chi connectivity index (χ4v) is 1.85. The molecule has 0 aromatic rings. The van der Waals surface area contributed by atoms with Gasteiger partial charge in [-0.2, -0.15) is 0 Å². The summed E-state index contributed by atoms with van der Waals surface area (Å²) < 4.78 is 0. The van der Waals surface area contributed by atoms with Gasteiger partial charge in [-0.05, 0) is 0 Å². The van der Waals surface area contributed by atoms with Crippen LogP contribution in [0.15, 0.2) is 0 Å². The van der Waals surface area contributed by atoms with Gasteiger partial charge in [0.25, 0.3) is 35.0 Å². The molecule has 0 radical (unpaired) electrons. The summed E-state index contributed by atoms with van der Waals surface area (Å²) in [5.74, 6) is -6.97. The molecule has 2 rings (SSSR count). The fraction of sp³-hybridized carbons (Fsp3) is 0.500. The van der Waals surface area contributed by atoms with Crippen LogP contribution >= 0.6 is 0 Å². The number of aliphatic hydroxyl groups is 2. The molecule has 8 nitrogen and oxygen atoms in total. The summed E-state index contributed by atoms with van der Waals surface area (Å²) in [7, 11) is 1.14. The van der Waals surface area contributed by atoms with Crippen molar-refractivity contribution in [2.75, 3.05) is 7.05 Å². The van der Waals surface area contributed by atoms with E-state index in [0.717, 1.165) is 14.0 Å². The van der Waals surface area contributed by atoms with Gasteiger partial charge in [-0.1, -0.05) is 0 Å². The van der Waals surface area contributed by atoms with Crippen molar-refractivity contribution in [3.05, 3.63) is 0 Å². The van der Waals surface area contributed by atoms with Gasteiger partial charge in [0.2, 0.25) is 0 Å². The van der Waals surface area contributed by atoms with Crippen LogP contribution < -0.4 is 0 Å². The molecule has 2 saturated heterocycles. The monoisotopic (exact) mass is 228 g/mol. The van der Waals surface area contributed by atoms with E-state index in [4.69, 9.17) is 10.2 Å². The molecule has 0 aromatic carbocycles. The van der Waals surface area contributed by atoms with Crippen LogP contribution in [0.1, 0.15) is 6.92 Å². The lowest BCUT2D eigenvalue weighted by atomic mass is 9.69. The second-order valence-corrected chi connectivity index (χ2v) is 3.84. The van der Waals surface area contributed by atoms with Gasteiger partial charge < -0.3 is 10.2 Å². The normalized spacial score (nSPS) is 23.8. The highest BCUT2D eigenvalue weighted by atomic mass is 16.5. The van der Waals surface area contributed by atoms with Crippen LogP contribution in [0.2, 0.25) is 0 Å². The number of hydrogen-bond donors (Lipinski definition) is 2. The molecule has 8 heteroatoms. The van der Waals surface area contributed by atoms with E-state index < -0.39 is 35.0 Å². The van der Waals surface area contributed by atoms with Crippen molar-refractivity contribution in [3.8, 4) is 0 Å². The van der Waals surface area contributed by atoms with E-state index >= 15 is 0 Å². The molecular formula is C8H8N2O6. The Bertz CT molecular complexity index is 414.